The minimum absolute atomic E-state index is 0.344. The minimum atomic E-state index is -0.344. The summed E-state index contributed by atoms with van der Waals surface area (Å²) in [6, 6.07) is 21.1. The van der Waals surface area contributed by atoms with E-state index in [-0.39, 0.29) is 5.54 Å². The summed E-state index contributed by atoms with van der Waals surface area (Å²) in [4.78, 5) is 9.29. The maximum atomic E-state index is 6.12. The van der Waals surface area contributed by atoms with Crippen molar-refractivity contribution in [2.75, 3.05) is 6.61 Å². The molecule has 0 aliphatic carbocycles. The second-order valence-electron chi connectivity index (χ2n) is 7.42. The average molecular weight is 400 g/mol. The van der Waals surface area contributed by atoms with Crippen molar-refractivity contribution < 1.29 is 4.74 Å². The molecule has 0 spiro atoms. The molecule has 0 bridgehead atoms. The Morgan fingerprint density at radius 1 is 0.966 bits per heavy atom. The van der Waals surface area contributed by atoms with E-state index in [0.29, 0.717) is 6.61 Å². The Kier molecular flexibility index (Phi) is 4.74. The normalized spacial score (nSPS) is 18.4. The molecule has 1 aliphatic heterocycles. The van der Waals surface area contributed by atoms with Crippen LogP contribution in [-0.2, 0) is 17.7 Å². The van der Waals surface area contributed by atoms with Crippen molar-refractivity contribution in [1.29, 1.82) is 0 Å². The first kappa shape index (κ1) is 17.9. The number of ether oxygens (including phenoxy) is 1. The molecule has 0 amide bonds. The molecule has 2 aromatic carbocycles. The quantitative estimate of drug-likeness (QED) is 0.454. The highest BCUT2D eigenvalue weighted by Gasteiger charge is 2.37. The maximum absolute atomic E-state index is 6.12. The molecule has 0 saturated heterocycles. The van der Waals surface area contributed by atoms with Gasteiger partial charge in [-0.15, -0.1) is 0 Å². The average Bonchev–Trinajstić information content (AvgIpc) is 3.52. The predicted molar refractivity (Wildman–Crippen MR) is 117 cm³/mol. The Morgan fingerprint density at radius 3 is 2.52 bits per heavy atom. The van der Waals surface area contributed by atoms with Gasteiger partial charge in [-0.25, -0.2) is 9.98 Å². The molecule has 0 fully saturated rings. The van der Waals surface area contributed by atoms with Crippen molar-refractivity contribution in [3.8, 4) is 11.1 Å². The fourth-order valence-corrected chi connectivity index (χ4v) is 4.45. The van der Waals surface area contributed by atoms with Gasteiger partial charge in [0, 0.05) is 24.4 Å². The van der Waals surface area contributed by atoms with Crippen LogP contribution >= 0.6 is 11.3 Å². The molecule has 4 aromatic rings. The van der Waals surface area contributed by atoms with Gasteiger partial charge in [0.05, 0.1) is 12.9 Å². The first-order valence-corrected chi connectivity index (χ1v) is 10.6. The molecule has 5 rings (SSSR count). The van der Waals surface area contributed by atoms with Crippen LogP contribution in [0.25, 0.3) is 11.1 Å². The van der Waals surface area contributed by atoms with Gasteiger partial charge in [-0.05, 0) is 45.6 Å². The Morgan fingerprint density at radius 2 is 1.79 bits per heavy atom. The molecule has 1 atom stereocenters. The van der Waals surface area contributed by atoms with E-state index in [1.54, 1.807) is 17.5 Å². The highest BCUT2D eigenvalue weighted by Crippen LogP contribution is 2.29. The summed E-state index contributed by atoms with van der Waals surface area (Å²) in [5.74, 6) is 0.720. The van der Waals surface area contributed by atoms with Crippen molar-refractivity contribution in [3.63, 3.8) is 0 Å². The van der Waals surface area contributed by atoms with Gasteiger partial charge >= 0.3 is 0 Å². The van der Waals surface area contributed by atoms with E-state index >= 15 is 0 Å². The molecular weight excluding hydrogens is 378 g/mol. The molecule has 0 radical (unpaired) electrons. The molecule has 29 heavy (non-hydrogen) atoms. The molecule has 2 aromatic heterocycles. The van der Waals surface area contributed by atoms with Crippen LogP contribution in [0.2, 0.25) is 0 Å². The van der Waals surface area contributed by atoms with E-state index in [1.165, 1.54) is 16.7 Å². The Bertz CT molecular complexity index is 1090. The topological polar surface area (TPSA) is 39.4 Å². The van der Waals surface area contributed by atoms with Crippen LogP contribution < -0.4 is 0 Å². The summed E-state index contributed by atoms with van der Waals surface area (Å²) in [6.45, 7) is 1.29. The van der Waals surface area contributed by atoms with Gasteiger partial charge in [-0.3, -0.25) is 0 Å². The number of benzene rings is 2. The van der Waals surface area contributed by atoms with Gasteiger partial charge in [0.2, 0.25) is 5.90 Å². The highest BCUT2D eigenvalue weighted by molar-refractivity contribution is 7.08. The zero-order valence-electron chi connectivity index (χ0n) is 15.9. The molecule has 144 valence electrons. The van der Waals surface area contributed by atoms with Crippen LogP contribution in [0.4, 0.5) is 0 Å². The van der Waals surface area contributed by atoms with Crippen molar-refractivity contribution in [3.05, 3.63) is 101 Å². The fraction of sp³-hybridized carbons (Fsp3) is 0.167. The molecular formula is C24H21N3OS. The van der Waals surface area contributed by atoms with E-state index in [1.807, 2.05) is 18.6 Å². The Balaban J connectivity index is 1.45. The van der Waals surface area contributed by atoms with E-state index in [9.17, 15) is 0 Å². The first-order valence-electron chi connectivity index (χ1n) is 9.65. The van der Waals surface area contributed by atoms with E-state index in [4.69, 9.17) is 9.73 Å². The third-order valence-corrected chi connectivity index (χ3v) is 5.90. The Labute approximate surface area is 174 Å². The summed E-state index contributed by atoms with van der Waals surface area (Å²) < 4.78 is 8.21. The fourth-order valence-electron chi connectivity index (χ4n) is 3.79. The van der Waals surface area contributed by atoms with E-state index < -0.39 is 0 Å². The second kappa shape index (κ2) is 7.68. The van der Waals surface area contributed by atoms with Gasteiger partial charge in [0.15, 0.2) is 0 Å². The SMILES string of the molecule is c1ccc(CC2(Cn3ccnc3)COC(c3ccc(-c4ccsc4)cc3)=N2)cc1. The van der Waals surface area contributed by atoms with Crippen LogP contribution in [0, 0.1) is 0 Å². The van der Waals surface area contributed by atoms with E-state index in [0.717, 1.165) is 24.4 Å². The lowest BCUT2D eigenvalue weighted by Gasteiger charge is -2.24. The molecule has 5 heteroatoms. The lowest BCUT2D eigenvalue weighted by Crippen LogP contribution is -2.36. The van der Waals surface area contributed by atoms with Crippen LogP contribution in [-0.4, -0.2) is 27.6 Å². The number of aliphatic imine (C=N–C) groups is 1. The van der Waals surface area contributed by atoms with Crippen LogP contribution in [0.3, 0.4) is 0 Å². The number of rotatable bonds is 6. The molecule has 0 saturated carbocycles. The van der Waals surface area contributed by atoms with Crippen molar-refractivity contribution in [2.45, 2.75) is 18.5 Å². The third kappa shape index (κ3) is 3.87. The maximum Gasteiger partial charge on any atom is 0.216 e. The number of hydrogen-bond acceptors (Lipinski definition) is 4. The van der Waals surface area contributed by atoms with Gasteiger partial charge < -0.3 is 9.30 Å². The smallest absolute Gasteiger partial charge is 0.216 e. The van der Waals surface area contributed by atoms with Crippen LogP contribution in [0.5, 0.6) is 0 Å². The monoisotopic (exact) mass is 399 g/mol. The van der Waals surface area contributed by atoms with E-state index in [2.05, 4.69) is 74.9 Å². The van der Waals surface area contributed by atoms with Crippen molar-refractivity contribution in [1.82, 2.24) is 9.55 Å². The summed E-state index contributed by atoms with van der Waals surface area (Å²) in [6.07, 6.45) is 6.45. The highest BCUT2D eigenvalue weighted by atomic mass is 32.1. The van der Waals surface area contributed by atoms with Gasteiger partial charge in [-0.1, -0.05) is 42.5 Å². The van der Waals surface area contributed by atoms with Crippen molar-refractivity contribution in [2.24, 2.45) is 4.99 Å². The zero-order valence-corrected chi connectivity index (χ0v) is 16.8. The molecule has 0 N–H and O–H groups in total. The molecule has 3 heterocycles. The third-order valence-electron chi connectivity index (χ3n) is 5.21. The number of imidazole rings is 1. The Hall–Kier alpha value is -3.18. The zero-order chi connectivity index (χ0) is 19.5. The number of nitrogens with zero attached hydrogens (tertiary/aromatic N) is 3. The number of hydrogen-bond donors (Lipinski definition) is 0. The predicted octanol–water partition coefficient (Wildman–Crippen LogP) is 5.07. The lowest BCUT2D eigenvalue weighted by atomic mass is 9.92. The summed E-state index contributed by atoms with van der Waals surface area (Å²) in [7, 11) is 0. The summed E-state index contributed by atoms with van der Waals surface area (Å²) >= 11 is 1.71. The lowest BCUT2D eigenvalue weighted by molar-refractivity contribution is 0.233. The standard InChI is InChI=1S/C24H21N3OS/c1-2-4-19(5-3-1)14-24(16-27-12-11-25-18-27)17-28-23(26-24)21-8-6-20(7-9-21)22-10-13-29-15-22/h1-13,15,18H,14,16-17H2. The second-order valence-corrected chi connectivity index (χ2v) is 8.20. The molecule has 1 aliphatic rings. The molecule has 4 nitrogen and oxygen atoms in total. The summed E-state index contributed by atoms with van der Waals surface area (Å²) in [5.41, 5.74) is 4.39. The first-order chi connectivity index (χ1) is 14.3. The molecule has 1 unspecified atom stereocenters. The van der Waals surface area contributed by atoms with Gasteiger partial charge in [-0.2, -0.15) is 11.3 Å². The summed E-state index contributed by atoms with van der Waals surface area (Å²) in [5, 5.41) is 4.26. The van der Waals surface area contributed by atoms with Crippen LogP contribution in [0.15, 0.2) is 95.1 Å². The largest absolute Gasteiger partial charge is 0.475 e. The minimum Gasteiger partial charge on any atom is -0.475 e. The van der Waals surface area contributed by atoms with Crippen molar-refractivity contribution >= 4 is 17.2 Å². The van der Waals surface area contributed by atoms with Gasteiger partial charge in [0.1, 0.15) is 12.1 Å². The van der Waals surface area contributed by atoms with Crippen LogP contribution in [0.1, 0.15) is 11.1 Å². The number of thiophene rings is 1. The number of aromatic nitrogens is 2. The van der Waals surface area contributed by atoms with Gasteiger partial charge in [0.25, 0.3) is 0 Å².